The van der Waals surface area contributed by atoms with E-state index in [4.69, 9.17) is 9.26 Å². The summed E-state index contributed by atoms with van der Waals surface area (Å²) < 4.78 is 12.9. The molecule has 0 atom stereocenters. The van der Waals surface area contributed by atoms with Crippen LogP contribution < -0.4 is 4.74 Å². The van der Waals surface area contributed by atoms with E-state index in [2.05, 4.69) is 26.8 Å². The largest absolute Gasteiger partial charge is 0.497 e. The number of rotatable bonds is 7. The molecule has 7 heteroatoms. The average molecular weight is 356 g/mol. The van der Waals surface area contributed by atoms with Gasteiger partial charge >= 0.3 is 0 Å². The van der Waals surface area contributed by atoms with E-state index < -0.39 is 0 Å². The van der Waals surface area contributed by atoms with Gasteiger partial charge in [-0.3, -0.25) is 0 Å². The SMILES string of the molecule is CCn1c(SCc2cc(-c3ccc(OC)cc3)no2)nnc1C1CC1. The molecule has 0 N–H and O–H groups in total. The highest BCUT2D eigenvalue weighted by molar-refractivity contribution is 7.98. The zero-order valence-electron chi connectivity index (χ0n) is 14.3. The first-order chi connectivity index (χ1) is 12.3. The third-order valence-corrected chi connectivity index (χ3v) is 5.28. The number of nitrogens with zero attached hydrogens (tertiary/aromatic N) is 4. The Labute approximate surface area is 150 Å². The van der Waals surface area contributed by atoms with E-state index in [9.17, 15) is 0 Å². The molecular formula is C18H20N4O2S. The third-order valence-electron chi connectivity index (χ3n) is 4.29. The van der Waals surface area contributed by atoms with Crippen molar-refractivity contribution in [1.82, 2.24) is 19.9 Å². The van der Waals surface area contributed by atoms with Crippen molar-refractivity contribution in [2.24, 2.45) is 0 Å². The second-order valence-corrected chi connectivity index (χ2v) is 7.00. The van der Waals surface area contributed by atoms with Crippen LogP contribution in [0.4, 0.5) is 0 Å². The Morgan fingerprint density at radius 1 is 1.24 bits per heavy atom. The lowest BCUT2D eigenvalue weighted by Crippen LogP contribution is -2.01. The first-order valence-corrected chi connectivity index (χ1v) is 9.43. The van der Waals surface area contributed by atoms with Gasteiger partial charge < -0.3 is 13.8 Å². The van der Waals surface area contributed by atoms with E-state index in [0.717, 1.165) is 40.3 Å². The van der Waals surface area contributed by atoms with Crippen LogP contribution in [0, 0.1) is 0 Å². The smallest absolute Gasteiger partial charge is 0.191 e. The van der Waals surface area contributed by atoms with Crippen molar-refractivity contribution in [3.63, 3.8) is 0 Å². The lowest BCUT2D eigenvalue weighted by molar-refractivity contribution is 0.397. The van der Waals surface area contributed by atoms with Gasteiger partial charge in [-0.25, -0.2) is 0 Å². The standard InChI is InChI=1S/C18H20N4O2S/c1-3-22-17(13-4-5-13)19-20-18(22)25-11-15-10-16(21-24-15)12-6-8-14(23-2)9-7-12/h6-10,13H,3-5,11H2,1-2H3. The second kappa shape index (κ2) is 6.92. The topological polar surface area (TPSA) is 66.0 Å². The maximum atomic E-state index is 5.48. The minimum absolute atomic E-state index is 0.605. The molecule has 4 rings (SSSR count). The van der Waals surface area contributed by atoms with Crippen LogP contribution in [0.2, 0.25) is 0 Å². The monoisotopic (exact) mass is 356 g/mol. The van der Waals surface area contributed by atoms with Gasteiger partial charge in [0.05, 0.1) is 12.9 Å². The molecule has 0 saturated heterocycles. The Bertz CT molecular complexity index is 852. The van der Waals surface area contributed by atoms with Crippen molar-refractivity contribution in [3.05, 3.63) is 41.9 Å². The minimum atomic E-state index is 0.605. The molecule has 2 aromatic heterocycles. The predicted octanol–water partition coefficient (Wildman–Crippen LogP) is 4.13. The van der Waals surface area contributed by atoms with Gasteiger partial charge in [-0.2, -0.15) is 0 Å². The third kappa shape index (κ3) is 3.42. The molecule has 1 aliphatic rings. The van der Waals surface area contributed by atoms with E-state index >= 15 is 0 Å². The summed E-state index contributed by atoms with van der Waals surface area (Å²) >= 11 is 1.64. The number of methoxy groups -OCH3 is 1. The predicted molar refractivity (Wildman–Crippen MR) is 95.7 cm³/mol. The van der Waals surface area contributed by atoms with Gasteiger partial charge in [-0.15, -0.1) is 10.2 Å². The maximum absolute atomic E-state index is 5.48. The first-order valence-electron chi connectivity index (χ1n) is 8.44. The van der Waals surface area contributed by atoms with Crippen molar-refractivity contribution in [2.75, 3.05) is 7.11 Å². The molecule has 0 unspecified atom stereocenters. The molecule has 0 amide bonds. The molecule has 1 aromatic carbocycles. The number of aromatic nitrogens is 4. The summed E-state index contributed by atoms with van der Waals surface area (Å²) in [5.41, 5.74) is 1.84. The van der Waals surface area contributed by atoms with Gasteiger partial charge in [-0.1, -0.05) is 16.9 Å². The number of benzene rings is 1. The number of ether oxygens (including phenoxy) is 1. The van der Waals surface area contributed by atoms with Crippen LogP contribution in [0.25, 0.3) is 11.3 Å². The van der Waals surface area contributed by atoms with Crippen LogP contribution in [-0.2, 0) is 12.3 Å². The Balaban J connectivity index is 1.44. The molecule has 130 valence electrons. The number of hydrogen-bond donors (Lipinski definition) is 0. The zero-order valence-corrected chi connectivity index (χ0v) is 15.1. The van der Waals surface area contributed by atoms with E-state index in [-0.39, 0.29) is 0 Å². The fraction of sp³-hybridized carbons (Fsp3) is 0.389. The second-order valence-electron chi connectivity index (χ2n) is 6.05. The summed E-state index contributed by atoms with van der Waals surface area (Å²) in [5, 5.41) is 13.8. The molecule has 0 aliphatic heterocycles. The van der Waals surface area contributed by atoms with Crippen molar-refractivity contribution < 1.29 is 9.26 Å². The molecule has 1 saturated carbocycles. The summed E-state index contributed by atoms with van der Waals surface area (Å²) in [4.78, 5) is 0. The van der Waals surface area contributed by atoms with Crippen molar-refractivity contribution >= 4 is 11.8 Å². The molecule has 0 radical (unpaired) electrons. The highest BCUT2D eigenvalue weighted by Crippen LogP contribution is 2.40. The summed E-state index contributed by atoms with van der Waals surface area (Å²) in [7, 11) is 1.66. The minimum Gasteiger partial charge on any atom is -0.497 e. The highest BCUT2D eigenvalue weighted by atomic mass is 32.2. The molecule has 25 heavy (non-hydrogen) atoms. The molecular weight excluding hydrogens is 336 g/mol. The average Bonchev–Trinajstić information content (AvgIpc) is 3.24. The Hall–Kier alpha value is -2.28. The van der Waals surface area contributed by atoms with E-state index in [1.165, 1.54) is 12.8 Å². The van der Waals surface area contributed by atoms with Crippen LogP contribution >= 0.6 is 11.8 Å². The van der Waals surface area contributed by atoms with Crippen LogP contribution in [0.3, 0.4) is 0 Å². The Kier molecular flexibility index (Phi) is 4.48. The number of hydrogen-bond acceptors (Lipinski definition) is 6. The Morgan fingerprint density at radius 3 is 2.72 bits per heavy atom. The van der Waals surface area contributed by atoms with Crippen molar-refractivity contribution in [2.45, 2.75) is 43.1 Å². The van der Waals surface area contributed by atoms with Gasteiger partial charge in [-0.05, 0) is 44.0 Å². The van der Waals surface area contributed by atoms with Gasteiger partial charge in [0, 0.05) is 24.1 Å². The molecule has 0 bridgehead atoms. The lowest BCUT2D eigenvalue weighted by atomic mass is 10.1. The fourth-order valence-corrected chi connectivity index (χ4v) is 3.65. The van der Waals surface area contributed by atoms with Crippen LogP contribution in [0.5, 0.6) is 5.75 Å². The van der Waals surface area contributed by atoms with Crippen molar-refractivity contribution in [3.8, 4) is 17.0 Å². The normalized spacial score (nSPS) is 14.0. The molecule has 1 aliphatic carbocycles. The Morgan fingerprint density at radius 2 is 2.04 bits per heavy atom. The van der Waals surface area contributed by atoms with Gasteiger partial charge in [0.1, 0.15) is 23.0 Å². The zero-order chi connectivity index (χ0) is 17.2. The highest BCUT2D eigenvalue weighted by Gasteiger charge is 2.30. The van der Waals surface area contributed by atoms with Gasteiger partial charge in [0.15, 0.2) is 5.16 Å². The van der Waals surface area contributed by atoms with Gasteiger partial charge in [0.2, 0.25) is 0 Å². The molecule has 1 fully saturated rings. The van der Waals surface area contributed by atoms with E-state index in [1.807, 2.05) is 30.3 Å². The summed E-state index contributed by atoms with van der Waals surface area (Å²) in [6.45, 7) is 3.03. The molecule has 3 aromatic rings. The van der Waals surface area contributed by atoms with E-state index in [1.54, 1.807) is 18.9 Å². The van der Waals surface area contributed by atoms with E-state index in [0.29, 0.717) is 11.7 Å². The van der Waals surface area contributed by atoms with Crippen LogP contribution in [0.1, 0.15) is 37.3 Å². The van der Waals surface area contributed by atoms with Crippen LogP contribution in [-0.4, -0.2) is 27.0 Å². The molecule has 2 heterocycles. The maximum Gasteiger partial charge on any atom is 0.191 e. The quantitative estimate of drug-likeness (QED) is 0.593. The van der Waals surface area contributed by atoms with Gasteiger partial charge in [0.25, 0.3) is 0 Å². The summed E-state index contributed by atoms with van der Waals surface area (Å²) in [6, 6.07) is 9.76. The first kappa shape index (κ1) is 16.2. The molecule has 0 spiro atoms. The summed E-state index contributed by atoms with van der Waals surface area (Å²) in [5.74, 6) is 4.07. The van der Waals surface area contributed by atoms with Crippen LogP contribution in [0.15, 0.2) is 40.0 Å². The fourth-order valence-electron chi connectivity index (χ4n) is 2.76. The lowest BCUT2D eigenvalue weighted by Gasteiger charge is -2.05. The van der Waals surface area contributed by atoms with Crippen molar-refractivity contribution in [1.29, 1.82) is 0 Å². The summed E-state index contributed by atoms with van der Waals surface area (Å²) in [6.07, 6.45) is 2.46. The number of thioether (sulfide) groups is 1. The molecule has 6 nitrogen and oxygen atoms in total.